The number of amides is 1. The number of benzene rings is 2. The average Bonchev–Trinajstić information content (AvgIpc) is 3.45. The number of thiocarbonyl (C=S) groups is 1. The topological polar surface area (TPSA) is 62.2 Å². The molecule has 2 aromatic carbocycles. The van der Waals surface area contributed by atoms with Crippen molar-refractivity contribution in [3.05, 3.63) is 109 Å². The Bertz CT molecular complexity index is 1270. The van der Waals surface area contributed by atoms with Gasteiger partial charge in [-0.3, -0.25) is 9.78 Å². The number of pyridine rings is 1. The van der Waals surface area contributed by atoms with E-state index in [9.17, 15) is 4.79 Å². The van der Waals surface area contributed by atoms with E-state index in [-0.39, 0.29) is 18.0 Å². The summed E-state index contributed by atoms with van der Waals surface area (Å²) < 4.78 is 2.12. The van der Waals surface area contributed by atoms with Gasteiger partial charge in [0.05, 0.1) is 17.8 Å². The molecule has 0 aliphatic carbocycles. The lowest BCUT2D eigenvalue weighted by molar-refractivity contribution is -0.114. The van der Waals surface area contributed by atoms with Gasteiger partial charge in [0.2, 0.25) is 5.91 Å². The fourth-order valence-electron chi connectivity index (χ4n) is 4.23. The molecule has 2 N–H and O–H groups in total. The Morgan fingerprint density at radius 2 is 1.73 bits per heavy atom. The van der Waals surface area contributed by atoms with Crippen molar-refractivity contribution < 1.29 is 4.79 Å². The van der Waals surface area contributed by atoms with Gasteiger partial charge in [0, 0.05) is 42.6 Å². The van der Waals surface area contributed by atoms with E-state index in [1.165, 1.54) is 6.92 Å². The van der Waals surface area contributed by atoms with E-state index in [1.54, 1.807) is 6.20 Å². The van der Waals surface area contributed by atoms with Gasteiger partial charge in [-0.05, 0) is 72.4 Å². The van der Waals surface area contributed by atoms with Crippen molar-refractivity contribution in [2.24, 2.45) is 0 Å². The van der Waals surface area contributed by atoms with Crippen molar-refractivity contribution in [1.29, 1.82) is 0 Å². The molecule has 5 rings (SSSR count). The van der Waals surface area contributed by atoms with E-state index < -0.39 is 0 Å². The minimum atomic E-state index is -0.111. The summed E-state index contributed by atoms with van der Waals surface area (Å²) in [5.74, 6) is -0.101. The van der Waals surface area contributed by atoms with Gasteiger partial charge >= 0.3 is 0 Å². The second kappa shape index (κ2) is 8.88. The molecule has 2 aromatic heterocycles. The van der Waals surface area contributed by atoms with Crippen LogP contribution in [0.25, 0.3) is 5.69 Å². The van der Waals surface area contributed by atoms with E-state index >= 15 is 0 Å². The molecule has 0 saturated carbocycles. The molecule has 164 valence electrons. The number of aromatic nitrogens is 2. The molecule has 1 aliphatic heterocycles. The molecule has 0 bridgehead atoms. The zero-order chi connectivity index (χ0) is 22.8. The smallest absolute Gasteiger partial charge is 0.221 e. The molecule has 2 atom stereocenters. The zero-order valence-electron chi connectivity index (χ0n) is 18.1. The summed E-state index contributed by atoms with van der Waals surface area (Å²) in [4.78, 5) is 18.1. The van der Waals surface area contributed by atoms with Crippen molar-refractivity contribution in [2.75, 3.05) is 10.2 Å². The number of hydrogen-bond acceptors (Lipinski definition) is 3. The van der Waals surface area contributed by atoms with Crippen LogP contribution in [0.1, 0.15) is 30.3 Å². The number of rotatable bonds is 5. The molecule has 33 heavy (non-hydrogen) atoms. The maximum atomic E-state index is 11.4. The molecular weight excluding hydrogens is 430 g/mol. The van der Waals surface area contributed by atoms with Gasteiger partial charge in [0.15, 0.2) is 5.11 Å². The number of anilines is 2. The van der Waals surface area contributed by atoms with Gasteiger partial charge in [0.1, 0.15) is 0 Å². The predicted molar refractivity (Wildman–Crippen MR) is 134 cm³/mol. The van der Waals surface area contributed by atoms with Gasteiger partial charge in [-0.1, -0.05) is 24.3 Å². The number of nitrogens with zero attached hydrogens (tertiary/aromatic N) is 3. The second-order valence-corrected chi connectivity index (χ2v) is 8.30. The van der Waals surface area contributed by atoms with E-state index in [4.69, 9.17) is 12.2 Å². The first kappa shape index (κ1) is 20.9. The van der Waals surface area contributed by atoms with Gasteiger partial charge in [-0.15, -0.1) is 0 Å². The monoisotopic (exact) mass is 453 g/mol. The SMILES string of the molecule is CC(=O)Nc1ccc(N2C(=S)N[C@@H](c3ccccn3)[C@@H]2c2ccn(-c3ccccc3)c2)cc1. The molecule has 1 amide bonds. The lowest BCUT2D eigenvalue weighted by atomic mass is 9.98. The zero-order valence-corrected chi connectivity index (χ0v) is 18.9. The number of carbonyl (C=O) groups excluding carboxylic acids is 1. The molecule has 4 aromatic rings. The van der Waals surface area contributed by atoms with E-state index in [0.717, 1.165) is 28.3 Å². The Labute approximate surface area is 197 Å². The van der Waals surface area contributed by atoms with Gasteiger partial charge in [-0.2, -0.15) is 0 Å². The molecule has 1 aliphatic rings. The summed E-state index contributed by atoms with van der Waals surface area (Å²) in [7, 11) is 0. The van der Waals surface area contributed by atoms with Gasteiger partial charge in [-0.25, -0.2) is 0 Å². The van der Waals surface area contributed by atoms with Crippen LogP contribution in [0.2, 0.25) is 0 Å². The van der Waals surface area contributed by atoms with Crippen molar-refractivity contribution in [3.63, 3.8) is 0 Å². The van der Waals surface area contributed by atoms with Crippen molar-refractivity contribution in [1.82, 2.24) is 14.9 Å². The van der Waals surface area contributed by atoms with Crippen LogP contribution in [0.4, 0.5) is 11.4 Å². The van der Waals surface area contributed by atoms with Crippen LogP contribution in [0.15, 0.2) is 97.5 Å². The first-order valence-electron chi connectivity index (χ1n) is 10.7. The third kappa shape index (κ3) is 4.23. The van der Waals surface area contributed by atoms with E-state index in [0.29, 0.717) is 5.11 Å². The Morgan fingerprint density at radius 3 is 2.42 bits per heavy atom. The van der Waals surface area contributed by atoms with Crippen LogP contribution in [0, 0.1) is 0 Å². The van der Waals surface area contributed by atoms with E-state index in [2.05, 4.69) is 55.7 Å². The van der Waals surface area contributed by atoms with Gasteiger partial charge < -0.3 is 20.1 Å². The molecule has 1 fully saturated rings. The highest BCUT2D eigenvalue weighted by Crippen LogP contribution is 2.42. The lowest BCUT2D eigenvalue weighted by Gasteiger charge is -2.27. The van der Waals surface area contributed by atoms with Crippen molar-refractivity contribution in [2.45, 2.75) is 19.0 Å². The largest absolute Gasteiger partial charge is 0.351 e. The normalized spacial score (nSPS) is 17.6. The first-order valence-corrected chi connectivity index (χ1v) is 11.1. The maximum absolute atomic E-state index is 11.4. The molecule has 6 nitrogen and oxygen atoms in total. The summed E-state index contributed by atoms with van der Waals surface area (Å²) in [6, 6.07) is 25.8. The molecule has 0 spiro atoms. The fourth-order valence-corrected chi connectivity index (χ4v) is 4.58. The highest BCUT2D eigenvalue weighted by Gasteiger charge is 2.41. The third-order valence-corrected chi connectivity index (χ3v) is 5.99. The molecule has 0 radical (unpaired) electrons. The highest BCUT2D eigenvalue weighted by atomic mass is 32.1. The third-order valence-electron chi connectivity index (χ3n) is 5.68. The summed E-state index contributed by atoms with van der Waals surface area (Å²) in [5, 5.41) is 6.93. The fraction of sp³-hybridized carbons (Fsp3) is 0.115. The Kier molecular flexibility index (Phi) is 5.62. The molecule has 7 heteroatoms. The number of carbonyl (C=O) groups is 1. The van der Waals surface area contributed by atoms with Crippen molar-refractivity contribution >= 4 is 34.6 Å². The molecular formula is C26H23N5OS. The van der Waals surface area contributed by atoms with Crippen LogP contribution >= 0.6 is 12.2 Å². The molecule has 0 unspecified atom stereocenters. The van der Waals surface area contributed by atoms with Crippen LogP contribution in [-0.4, -0.2) is 20.6 Å². The molecule has 1 saturated heterocycles. The molecule has 3 heterocycles. The second-order valence-electron chi connectivity index (χ2n) is 7.91. The van der Waals surface area contributed by atoms with Crippen LogP contribution in [0.3, 0.4) is 0 Å². The standard InChI is InChI=1S/C26H23N5OS/c1-18(32)28-20-10-12-22(13-11-20)31-25(24(29-26(31)33)23-9-5-6-15-27-23)19-14-16-30(17-19)21-7-3-2-4-8-21/h2-17,24-25H,1H3,(H,28,32)(H,29,33)/t24-,25-/m0/s1. The van der Waals surface area contributed by atoms with Crippen molar-refractivity contribution in [3.8, 4) is 5.69 Å². The Hall–Kier alpha value is -3.97. The summed E-state index contributed by atoms with van der Waals surface area (Å²) in [6.07, 6.45) is 6.01. The summed E-state index contributed by atoms with van der Waals surface area (Å²) in [5.41, 5.74) is 4.83. The maximum Gasteiger partial charge on any atom is 0.221 e. The minimum absolute atomic E-state index is 0.0935. The lowest BCUT2D eigenvalue weighted by Crippen LogP contribution is -2.29. The Balaban J connectivity index is 1.55. The van der Waals surface area contributed by atoms with Crippen LogP contribution in [-0.2, 0) is 4.79 Å². The minimum Gasteiger partial charge on any atom is -0.351 e. The quantitative estimate of drug-likeness (QED) is 0.416. The number of hydrogen-bond donors (Lipinski definition) is 2. The van der Waals surface area contributed by atoms with Gasteiger partial charge in [0.25, 0.3) is 0 Å². The summed E-state index contributed by atoms with van der Waals surface area (Å²) in [6.45, 7) is 1.50. The number of para-hydroxylation sites is 1. The summed E-state index contributed by atoms with van der Waals surface area (Å²) >= 11 is 5.79. The predicted octanol–water partition coefficient (Wildman–Crippen LogP) is 5.01. The van der Waals surface area contributed by atoms with Crippen LogP contribution in [0.5, 0.6) is 0 Å². The van der Waals surface area contributed by atoms with E-state index in [1.807, 2.05) is 60.7 Å². The Morgan fingerprint density at radius 1 is 0.970 bits per heavy atom. The highest BCUT2D eigenvalue weighted by molar-refractivity contribution is 7.80. The average molecular weight is 454 g/mol. The number of nitrogens with one attached hydrogen (secondary N) is 2. The first-order chi connectivity index (χ1) is 16.1. The van der Waals surface area contributed by atoms with Crippen LogP contribution < -0.4 is 15.5 Å².